The number of hydrogen-bond donors (Lipinski definition) is 0. The fraction of sp³-hybridized carbons (Fsp3) is 0.981. The molecule has 0 saturated heterocycles. The summed E-state index contributed by atoms with van der Waals surface area (Å²) < 4.78 is 0. The lowest BCUT2D eigenvalue weighted by Crippen LogP contribution is -2.33. The third kappa shape index (κ3) is 48.3. The number of rotatable bonds is 51. The monoisotopic (exact) mass is 822 g/mol. The van der Waals surface area contributed by atoms with E-state index in [1.54, 1.807) is 0 Å². The number of amides is 1. The average Bonchev–Trinajstić information content (AvgIpc) is 3.22. The van der Waals surface area contributed by atoms with E-state index >= 15 is 0 Å². The molecular weight excluding hydrogens is 714 g/mol. The van der Waals surface area contributed by atoms with Gasteiger partial charge < -0.3 is 4.90 Å². The van der Waals surface area contributed by atoms with Crippen LogP contribution in [0.15, 0.2) is 0 Å². The Kier molecular flexibility index (Phi) is 51.7. The molecule has 57 heavy (non-hydrogen) atoms. The van der Waals surface area contributed by atoms with Crippen LogP contribution in [0.1, 0.15) is 322 Å². The Bertz CT molecular complexity index is 675. The smallest absolute Gasteiger partial charge is 0.237 e. The molecule has 0 heterocycles. The molecule has 0 aromatic heterocycles. The second kappa shape index (κ2) is 51.9. The summed E-state index contributed by atoms with van der Waals surface area (Å²) in [4.78, 5) is 14.5. The maximum Gasteiger partial charge on any atom is 0.237 e. The Morgan fingerprint density at radius 2 is 0.404 bits per heavy atom. The predicted molar refractivity (Wildman–Crippen MR) is 260 cm³/mol. The highest BCUT2D eigenvalue weighted by atomic mass is 35.5. The van der Waals surface area contributed by atoms with Gasteiger partial charge in [-0.15, -0.1) is 11.6 Å². The van der Waals surface area contributed by atoms with Crippen molar-refractivity contribution in [1.82, 2.24) is 4.90 Å². The standard InChI is InChI=1S/C54H108ClNO/c1-3-5-7-9-11-13-15-17-19-21-23-25-27-29-31-33-35-37-39-41-43-45-47-49-51-56(54(57)53-55)52-50-48-46-44-42-40-38-36-34-32-30-28-26-24-22-20-18-16-14-12-10-8-6-4-2/h3-53H2,1-2H3. The van der Waals surface area contributed by atoms with E-state index in [4.69, 9.17) is 11.6 Å². The zero-order valence-corrected chi connectivity index (χ0v) is 40.6. The number of carbonyl (C=O) groups excluding carboxylic acids is 1. The third-order valence-corrected chi connectivity index (χ3v) is 13.3. The second-order valence-corrected chi connectivity index (χ2v) is 19.0. The Hall–Kier alpha value is -0.240. The lowest BCUT2D eigenvalue weighted by molar-refractivity contribution is -0.128. The molecule has 0 saturated carbocycles. The lowest BCUT2D eigenvalue weighted by Gasteiger charge is -2.22. The lowest BCUT2D eigenvalue weighted by atomic mass is 10.0. The molecular formula is C54H108ClNO. The van der Waals surface area contributed by atoms with E-state index in [0.717, 1.165) is 25.9 Å². The quantitative estimate of drug-likeness (QED) is 0.0442. The number of unbranched alkanes of at least 4 members (excludes halogenated alkanes) is 46. The topological polar surface area (TPSA) is 20.3 Å². The second-order valence-electron chi connectivity index (χ2n) is 18.8. The highest BCUT2D eigenvalue weighted by Crippen LogP contribution is 2.18. The largest absolute Gasteiger partial charge is 0.342 e. The van der Waals surface area contributed by atoms with Crippen molar-refractivity contribution < 1.29 is 4.79 Å². The summed E-state index contributed by atoms with van der Waals surface area (Å²) in [5, 5.41) is 0. The Labute approximate surface area is 366 Å². The molecule has 0 aliphatic rings. The van der Waals surface area contributed by atoms with E-state index in [-0.39, 0.29) is 11.8 Å². The first kappa shape index (κ1) is 56.8. The molecule has 0 bridgehead atoms. The van der Waals surface area contributed by atoms with Crippen LogP contribution in [0, 0.1) is 0 Å². The van der Waals surface area contributed by atoms with Gasteiger partial charge in [-0.25, -0.2) is 0 Å². The van der Waals surface area contributed by atoms with E-state index in [1.807, 2.05) is 0 Å². The molecule has 2 nitrogen and oxygen atoms in total. The maximum absolute atomic E-state index is 12.4. The first-order chi connectivity index (χ1) is 28.3. The minimum atomic E-state index is 0.138. The van der Waals surface area contributed by atoms with Gasteiger partial charge in [0.15, 0.2) is 0 Å². The highest BCUT2D eigenvalue weighted by molar-refractivity contribution is 6.27. The minimum absolute atomic E-state index is 0.138. The number of hydrogen-bond acceptors (Lipinski definition) is 1. The van der Waals surface area contributed by atoms with Crippen LogP contribution in [0.25, 0.3) is 0 Å². The van der Waals surface area contributed by atoms with Crippen LogP contribution in [-0.4, -0.2) is 29.8 Å². The van der Waals surface area contributed by atoms with Gasteiger partial charge in [0.1, 0.15) is 5.88 Å². The van der Waals surface area contributed by atoms with E-state index in [0.29, 0.717) is 0 Å². The molecule has 0 N–H and O–H groups in total. The van der Waals surface area contributed by atoms with Crippen molar-refractivity contribution in [3.63, 3.8) is 0 Å². The van der Waals surface area contributed by atoms with Gasteiger partial charge in [0.2, 0.25) is 5.91 Å². The first-order valence-electron chi connectivity index (χ1n) is 27.1. The van der Waals surface area contributed by atoms with Gasteiger partial charge in [-0.1, -0.05) is 309 Å². The van der Waals surface area contributed by atoms with Crippen molar-refractivity contribution in [2.24, 2.45) is 0 Å². The van der Waals surface area contributed by atoms with Crippen molar-refractivity contribution in [3.8, 4) is 0 Å². The third-order valence-electron chi connectivity index (χ3n) is 13.0. The molecule has 0 unspecified atom stereocenters. The van der Waals surface area contributed by atoms with Crippen LogP contribution in [0.2, 0.25) is 0 Å². The fourth-order valence-electron chi connectivity index (χ4n) is 8.98. The van der Waals surface area contributed by atoms with Gasteiger partial charge in [0, 0.05) is 13.1 Å². The summed E-state index contributed by atoms with van der Waals surface area (Å²) >= 11 is 5.97. The van der Waals surface area contributed by atoms with Crippen molar-refractivity contribution in [1.29, 1.82) is 0 Å². The normalized spacial score (nSPS) is 11.6. The summed E-state index contributed by atoms with van der Waals surface area (Å²) in [6, 6.07) is 0. The zero-order chi connectivity index (χ0) is 41.2. The van der Waals surface area contributed by atoms with Gasteiger partial charge >= 0.3 is 0 Å². The number of halogens is 1. The van der Waals surface area contributed by atoms with Crippen LogP contribution >= 0.6 is 11.6 Å². The molecule has 0 aromatic rings. The van der Waals surface area contributed by atoms with E-state index in [1.165, 1.54) is 295 Å². The SMILES string of the molecule is CCCCCCCCCCCCCCCCCCCCCCCCCCN(CCCCCCCCCCCCCCCCCCCCCCCCCC)C(=O)CCl. The van der Waals surface area contributed by atoms with Gasteiger partial charge in [0.25, 0.3) is 0 Å². The number of nitrogens with zero attached hydrogens (tertiary/aromatic N) is 1. The average molecular weight is 823 g/mol. The summed E-state index contributed by atoms with van der Waals surface area (Å²) in [6.07, 6.45) is 68.1. The first-order valence-corrected chi connectivity index (χ1v) is 27.6. The van der Waals surface area contributed by atoms with E-state index in [9.17, 15) is 4.79 Å². The van der Waals surface area contributed by atoms with Crippen molar-refractivity contribution in [2.75, 3.05) is 19.0 Å². The molecule has 0 spiro atoms. The molecule has 342 valence electrons. The molecule has 1 amide bonds. The Balaban J connectivity index is 3.39. The van der Waals surface area contributed by atoms with Gasteiger partial charge in [-0.2, -0.15) is 0 Å². The summed E-state index contributed by atoms with van der Waals surface area (Å²) in [7, 11) is 0. The van der Waals surface area contributed by atoms with Gasteiger partial charge in [-0.05, 0) is 12.8 Å². The van der Waals surface area contributed by atoms with Crippen LogP contribution < -0.4 is 0 Å². The summed E-state index contributed by atoms with van der Waals surface area (Å²) in [5.41, 5.74) is 0. The highest BCUT2D eigenvalue weighted by Gasteiger charge is 2.11. The molecule has 0 fully saturated rings. The molecule has 0 radical (unpaired) electrons. The molecule has 0 aromatic carbocycles. The zero-order valence-electron chi connectivity index (χ0n) is 39.8. The van der Waals surface area contributed by atoms with Crippen molar-refractivity contribution in [2.45, 2.75) is 322 Å². The van der Waals surface area contributed by atoms with Crippen molar-refractivity contribution in [3.05, 3.63) is 0 Å². The number of alkyl halides is 1. The maximum atomic E-state index is 12.4. The predicted octanol–water partition coefficient (Wildman–Crippen LogP) is 19.8. The molecule has 3 heteroatoms. The van der Waals surface area contributed by atoms with Crippen molar-refractivity contribution >= 4 is 17.5 Å². The Morgan fingerprint density at radius 3 is 0.544 bits per heavy atom. The molecule has 0 aliphatic carbocycles. The number of carbonyl (C=O) groups is 1. The van der Waals surface area contributed by atoms with E-state index in [2.05, 4.69) is 18.7 Å². The Morgan fingerprint density at radius 1 is 0.263 bits per heavy atom. The van der Waals surface area contributed by atoms with Gasteiger partial charge in [-0.3, -0.25) is 4.79 Å². The van der Waals surface area contributed by atoms with Crippen LogP contribution in [0.5, 0.6) is 0 Å². The fourth-order valence-corrected chi connectivity index (χ4v) is 9.14. The van der Waals surface area contributed by atoms with Crippen LogP contribution in [0.4, 0.5) is 0 Å². The summed E-state index contributed by atoms with van der Waals surface area (Å²) in [5.74, 6) is 0.276. The molecule has 0 rings (SSSR count). The van der Waals surface area contributed by atoms with Crippen LogP contribution in [-0.2, 0) is 4.79 Å². The van der Waals surface area contributed by atoms with Crippen LogP contribution in [0.3, 0.4) is 0 Å². The molecule has 0 aliphatic heterocycles. The summed E-state index contributed by atoms with van der Waals surface area (Å²) in [6.45, 7) is 6.42. The van der Waals surface area contributed by atoms with E-state index < -0.39 is 0 Å². The minimum Gasteiger partial charge on any atom is -0.342 e. The van der Waals surface area contributed by atoms with Gasteiger partial charge in [0.05, 0.1) is 0 Å². The molecule has 0 atom stereocenters.